The second-order valence-corrected chi connectivity index (χ2v) is 4.85. The third-order valence-electron chi connectivity index (χ3n) is 2.92. The van der Waals surface area contributed by atoms with Gasteiger partial charge in [-0.25, -0.2) is 14.6 Å². The van der Waals surface area contributed by atoms with Gasteiger partial charge < -0.3 is 9.84 Å². The van der Waals surface area contributed by atoms with Crippen molar-refractivity contribution in [3.05, 3.63) is 65.5 Å². The van der Waals surface area contributed by atoms with Crippen molar-refractivity contribution in [1.82, 2.24) is 5.43 Å². The van der Waals surface area contributed by atoms with E-state index in [2.05, 4.69) is 10.5 Å². The molecule has 0 radical (unpaired) electrons. The molecule has 24 heavy (non-hydrogen) atoms. The summed E-state index contributed by atoms with van der Waals surface area (Å²) in [5.74, 6) is -1.30. The monoisotopic (exact) mass is 330 g/mol. The highest BCUT2D eigenvalue weighted by Crippen LogP contribution is 2.10. The molecule has 2 rings (SSSR count). The summed E-state index contributed by atoms with van der Waals surface area (Å²) in [5.41, 5.74) is 3.77. The minimum Gasteiger partial charge on any atom is -0.482 e. The predicted molar refractivity (Wildman–Crippen MR) is 85.4 cm³/mol. The minimum absolute atomic E-state index is 0.0968. The Morgan fingerprint density at radius 2 is 1.79 bits per heavy atom. The fourth-order valence-corrected chi connectivity index (χ4v) is 1.80. The quantitative estimate of drug-likeness (QED) is 0.600. The highest BCUT2D eigenvalue weighted by Gasteiger charge is 2.02. The molecule has 0 spiro atoms. The zero-order valence-electron chi connectivity index (χ0n) is 12.6. The summed E-state index contributed by atoms with van der Waals surface area (Å²) < 4.78 is 17.8. The van der Waals surface area contributed by atoms with Crippen molar-refractivity contribution < 1.29 is 23.8 Å². The molecule has 0 saturated carbocycles. The van der Waals surface area contributed by atoms with Crippen LogP contribution in [0.4, 0.5) is 4.39 Å². The Hall–Kier alpha value is -3.22. The van der Waals surface area contributed by atoms with Crippen molar-refractivity contribution in [2.24, 2.45) is 5.10 Å². The van der Waals surface area contributed by atoms with Crippen LogP contribution < -0.4 is 10.2 Å². The molecule has 2 N–H and O–H groups in total. The maximum absolute atomic E-state index is 12.8. The molecule has 0 aliphatic heterocycles. The van der Waals surface area contributed by atoms with E-state index in [0.29, 0.717) is 16.9 Å². The maximum Gasteiger partial charge on any atom is 0.341 e. The van der Waals surface area contributed by atoms with E-state index in [9.17, 15) is 14.0 Å². The van der Waals surface area contributed by atoms with E-state index in [1.54, 1.807) is 24.3 Å². The van der Waals surface area contributed by atoms with E-state index in [4.69, 9.17) is 9.84 Å². The highest BCUT2D eigenvalue weighted by molar-refractivity contribution is 5.83. The van der Waals surface area contributed by atoms with Gasteiger partial charge in [0.2, 0.25) is 5.91 Å². The zero-order chi connectivity index (χ0) is 17.4. The van der Waals surface area contributed by atoms with E-state index < -0.39 is 12.6 Å². The van der Waals surface area contributed by atoms with Gasteiger partial charge in [0.15, 0.2) is 6.61 Å². The SMILES string of the molecule is O=C(O)COc1ccc(/C=N\NC(=O)Cc2ccc(F)cc2)cc1. The number of ether oxygens (including phenoxy) is 1. The summed E-state index contributed by atoms with van der Waals surface area (Å²) in [6.45, 7) is -0.410. The number of aliphatic carboxylic acids is 1. The highest BCUT2D eigenvalue weighted by atomic mass is 19.1. The largest absolute Gasteiger partial charge is 0.482 e. The molecule has 2 aromatic rings. The number of halogens is 1. The van der Waals surface area contributed by atoms with Crippen LogP contribution in [0.3, 0.4) is 0 Å². The van der Waals surface area contributed by atoms with Crippen molar-refractivity contribution >= 4 is 18.1 Å². The van der Waals surface area contributed by atoms with Gasteiger partial charge in [0, 0.05) is 0 Å². The lowest BCUT2D eigenvalue weighted by Gasteiger charge is -2.03. The fraction of sp³-hybridized carbons (Fsp3) is 0.118. The molecule has 0 unspecified atom stereocenters. The lowest BCUT2D eigenvalue weighted by atomic mass is 10.1. The molecule has 0 atom stereocenters. The Kier molecular flexibility index (Phi) is 6.01. The number of hydrogen-bond donors (Lipinski definition) is 2. The van der Waals surface area contributed by atoms with Crippen LogP contribution in [-0.2, 0) is 16.0 Å². The molecule has 0 bridgehead atoms. The molecule has 0 saturated heterocycles. The van der Waals surface area contributed by atoms with Gasteiger partial charge in [0.1, 0.15) is 11.6 Å². The Labute approximate surface area is 137 Å². The van der Waals surface area contributed by atoms with Crippen molar-refractivity contribution in [3.63, 3.8) is 0 Å². The third kappa shape index (κ3) is 5.88. The molecule has 0 aliphatic carbocycles. The fourth-order valence-electron chi connectivity index (χ4n) is 1.80. The van der Waals surface area contributed by atoms with E-state index in [-0.39, 0.29) is 18.1 Å². The van der Waals surface area contributed by atoms with Gasteiger partial charge in [-0.15, -0.1) is 0 Å². The molecule has 0 heterocycles. The van der Waals surface area contributed by atoms with Gasteiger partial charge >= 0.3 is 5.97 Å². The number of nitrogens with zero attached hydrogens (tertiary/aromatic N) is 1. The van der Waals surface area contributed by atoms with Gasteiger partial charge in [-0.2, -0.15) is 5.10 Å². The van der Waals surface area contributed by atoms with E-state index >= 15 is 0 Å². The van der Waals surface area contributed by atoms with Gasteiger partial charge in [0.05, 0.1) is 12.6 Å². The molecule has 0 fully saturated rings. The number of hydrazone groups is 1. The first-order valence-electron chi connectivity index (χ1n) is 7.04. The first kappa shape index (κ1) is 17.1. The molecular formula is C17H15FN2O4. The van der Waals surface area contributed by atoms with Crippen LogP contribution >= 0.6 is 0 Å². The van der Waals surface area contributed by atoms with Crippen LogP contribution in [0.15, 0.2) is 53.6 Å². The Morgan fingerprint density at radius 3 is 2.42 bits per heavy atom. The van der Waals surface area contributed by atoms with Crippen LogP contribution in [0, 0.1) is 5.82 Å². The number of hydrogen-bond acceptors (Lipinski definition) is 4. The van der Waals surface area contributed by atoms with Crippen molar-refractivity contribution in [3.8, 4) is 5.75 Å². The molecule has 0 aromatic heterocycles. The number of nitrogens with one attached hydrogen (secondary N) is 1. The molecular weight excluding hydrogens is 315 g/mol. The first-order chi connectivity index (χ1) is 11.5. The van der Waals surface area contributed by atoms with Gasteiger partial charge in [-0.3, -0.25) is 4.79 Å². The van der Waals surface area contributed by atoms with Crippen molar-refractivity contribution in [2.45, 2.75) is 6.42 Å². The summed E-state index contributed by atoms with van der Waals surface area (Å²) in [7, 11) is 0. The van der Waals surface area contributed by atoms with Crippen LogP contribution in [0.5, 0.6) is 5.75 Å². The molecule has 2 aromatic carbocycles. The van der Waals surface area contributed by atoms with Gasteiger partial charge in [-0.1, -0.05) is 12.1 Å². The molecule has 0 aliphatic rings. The first-order valence-corrected chi connectivity index (χ1v) is 7.04. The lowest BCUT2D eigenvalue weighted by molar-refractivity contribution is -0.139. The molecule has 7 heteroatoms. The number of carbonyl (C=O) groups is 2. The summed E-state index contributed by atoms with van der Waals surface area (Å²) >= 11 is 0. The Morgan fingerprint density at radius 1 is 1.12 bits per heavy atom. The van der Waals surface area contributed by atoms with Crippen molar-refractivity contribution in [2.75, 3.05) is 6.61 Å². The van der Waals surface area contributed by atoms with E-state index in [0.717, 1.165) is 0 Å². The van der Waals surface area contributed by atoms with Gasteiger partial charge in [-0.05, 0) is 47.5 Å². The number of carbonyl (C=O) groups excluding carboxylic acids is 1. The second-order valence-electron chi connectivity index (χ2n) is 4.85. The molecule has 1 amide bonds. The predicted octanol–water partition coefficient (Wildman–Crippen LogP) is 1.98. The number of benzene rings is 2. The van der Waals surface area contributed by atoms with E-state index in [1.807, 2.05) is 0 Å². The van der Waals surface area contributed by atoms with Crippen molar-refractivity contribution in [1.29, 1.82) is 0 Å². The standard InChI is InChI=1S/C17H15FN2O4/c18-14-5-1-12(2-6-14)9-16(21)20-19-10-13-3-7-15(8-4-13)24-11-17(22)23/h1-8,10H,9,11H2,(H,20,21)(H,22,23)/b19-10-. The second kappa shape index (κ2) is 8.42. The smallest absolute Gasteiger partial charge is 0.341 e. The number of amides is 1. The Bertz CT molecular complexity index is 727. The maximum atomic E-state index is 12.8. The van der Waals surface area contributed by atoms with Crippen LogP contribution in [0.25, 0.3) is 0 Å². The molecule has 124 valence electrons. The van der Waals surface area contributed by atoms with Crippen LogP contribution in [0.2, 0.25) is 0 Å². The average molecular weight is 330 g/mol. The van der Waals surface area contributed by atoms with Crippen LogP contribution in [-0.4, -0.2) is 29.8 Å². The summed E-state index contributed by atoms with van der Waals surface area (Å²) in [4.78, 5) is 22.1. The number of carboxylic acids is 1. The topological polar surface area (TPSA) is 88.0 Å². The number of carboxylic acid groups (broad SMARTS) is 1. The zero-order valence-corrected chi connectivity index (χ0v) is 12.6. The third-order valence-corrected chi connectivity index (χ3v) is 2.92. The number of rotatable bonds is 7. The summed E-state index contributed by atoms with van der Waals surface area (Å²) in [6.07, 6.45) is 1.54. The average Bonchev–Trinajstić information content (AvgIpc) is 2.56. The van der Waals surface area contributed by atoms with E-state index in [1.165, 1.54) is 30.5 Å². The summed E-state index contributed by atoms with van der Waals surface area (Å²) in [5, 5.41) is 12.3. The molecule has 6 nitrogen and oxygen atoms in total. The Balaban J connectivity index is 1.81. The normalized spacial score (nSPS) is 10.5. The van der Waals surface area contributed by atoms with Crippen LogP contribution in [0.1, 0.15) is 11.1 Å². The van der Waals surface area contributed by atoms with Gasteiger partial charge in [0.25, 0.3) is 0 Å². The minimum atomic E-state index is -1.05. The lowest BCUT2D eigenvalue weighted by Crippen LogP contribution is -2.19. The summed E-state index contributed by atoms with van der Waals surface area (Å²) in [6, 6.07) is 12.2.